The fourth-order valence-electron chi connectivity index (χ4n) is 0.857. The molecule has 1 nitrogen and oxygen atoms in total. The minimum Gasteiger partial charge on any atom is -1.00 e. The molecule has 0 aliphatic heterocycles. The number of rotatable bonds is 5. The summed E-state index contributed by atoms with van der Waals surface area (Å²) >= 11 is 3.42. The van der Waals surface area contributed by atoms with Crippen molar-refractivity contribution >= 4 is 15.9 Å². The van der Waals surface area contributed by atoms with Gasteiger partial charge in [-0.2, -0.15) is 0 Å². The third-order valence-electron chi connectivity index (χ3n) is 1.46. The van der Waals surface area contributed by atoms with Gasteiger partial charge in [0.1, 0.15) is 0 Å². The van der Waals surface area contributed by atoms with Gasteiger partial charge in [0.2, 0.25) is 0 Å². The average Bonchev–Trinajstić information content (AvgIpc) is 1.78. The van der Waals surface area contributed by atoms with Crippen LogP contribution in [0.5, 0.6) is 0 Å². The van der Waals surface area contributed by atoms with Gasteiger partial charge in [0.15, 0.2) is 0 Å². The zero-order chi connectivity index (χ0) is 8.04. The van der Waals surface area contributed by atoms with E-state index in [1.165, 1.54) is 25.8 Å². The van der Waals surface area contributed by atoms with Crippen molar-refractivity contribution in [3.8, 4) is 0 Å². The second-order valence-electron chi connectivity index (χ2n) is 3.76. The molecule has 0 aromatic carbocycles. The van der Waals surface area contributed by atoms with Crippen LogP contribution < -0.4 is 17.0 Å². The molecular weight excluding hydrogens is 270 g/mol. The van der Waals surface area contributed by atoms with Crippen molar-refractivity contribution in [3.63, 3.8) is 0 Å². The van der Waals surface area contributed by atoms with E-state index < -0.39 is 0 Å². The summed E-state index contributed by atoms with van der Waals surface area (Å²) in [5, 5.41) is 1.16. The zero-order valence-electron chi connectivity index (χ0n) is 7.74. The lowest BCUT2D eigenvalue weighted by Crippen LogP contribution is -3.00. The molecule has 70 valence electrons. The number of hydrogen-bond acceptors (Lipinski definition) is 0. The van der Waals surface area contributed by atoms with Crippen LogP contribution in [0.15, 0.2) is 0 Å². The van der Waals surface area contributed by atoms with E-state index in [0.717, 1.165) is 9.81 Å². The fourth-order valence-corrected chi connectivity index (χ4v) is 1.25. The maximum absolute atomic E-state index is 3.42. The van der Waals surface area contributed by atoms with E-state index in [2.05, 4.69) is 37.1 Å². The van der Waals surface area contributed by atoms with Crippen LogP contribution in [0, 0.1) is 0 Å². The quantitative estimate of drug-likeness (QED) is 0.355. The van der Waals surface area contributed by atoms with Gasteiger partial charge in [-0.15, -0.1) is 0 Å². The highest BCUT2D eigenvalue weighted by Gasteiger charge is 2.04. The largest absolute Gasteiger partial charge is 1.00 e. The van der Waals surface area contributed by atoms with E-state index in [4.69, 9.17) is 0 Å². The smallest absolute Gasteiger partial charge is 0.0780 e. The van der Waals surface area contributed by atoms with Gasteiger partial charge < -0.3 is 21.5 Å². The van der Waals surface area contributed by atoms with E-state index >= 15 is 0 Å². The first-order chi connectivity index (χ1) is 4.56. The molecule has 0 amide bonds. The van der Waals surface area contributed by atoms with Gasteiger partial charge >= 0.3 is 0 Å². The number of quaternary nitrogens is 1. The second-order valence-corrected chi connectivity index (χ2v) is 4.56. The molecule has 11 heavy (non-hydrogen) atoms. The molecule has 0 aromatic heterocycles. The highest BCUT2D eigenvalue weighted by atomic mass is 79.9. The van der Waals surface area contributed by atoms with Gasteiger partial charge in [0.25, 0.3) is 0 Å². The first-order valence-electron chi connectivity index (χ1n) is 3.93. The summed E-state index contributed by atoms with van der Waals surface area (Å²) in [7, 11) is 6.73. The van der Waals surface area contributed by atoms with Gasteiger partial charge in [-0.25, -0.2) is 0 Å². The molecule has 3 heteroatoms. The van der Waals surface area contributed by atoms with Crippen LogP contribution in [0.1, 0.15) is 19.3 Å². The Morgan fingerprint density at radius 3 is 1.91 bits per heavy atom. The van der Waals surface area contributed by atoms with E-state index in [9.17, 15) is 0 Å². The van der Waals surface area contributed by atoms with Crippen LogP contribution in [0.25, 0.3) is 0 Å². The molecule has 0 heterocycles. The maximum Gasteiger partial charge on any atom is 0.0780 e. The SMILES string of the molecule is C[N+](C)(C)CCCCCBr.[Br-]. The molecule has 0 saturated carbocycles. The van der Waals surface area contributed by atoms with Crippen LogP contribution in [0.2, 0.25) is 0 Å². The van der Waals surface area contributed by atoms with Crippen LogP contribution >= 0.6 is 15.9 Å². The Morgan fingerprint density at radius 2 is 1.55 bits per heavy atom. The Morgan fingerprint density at radius 1 is 1.00 bits per heavy atom. The Bertz CT molecular complexity index is 78.7. The predicted octanol–water partition coefficient (Wildman–Crippen LogP) is -0.738. The van der Waals surface area contributed by atoms with Gasteiger partial charge in [-0.1, -0.05) is 15.9 Å². The molecule has 0 aliphatic rings. The van der Waals surface area contributed by atoms with Crippen molar-refractivity contribution in [2.45, 2.75) is 19.3 Å². The lowest BCUT2D eigenvalue weighted by Gasteiger charge is -2.23. The highest BCUT2D eigenvalue weighted by molar-refractivity contribution is 9.09. The highest BCUT2D eigenvalue weighted by Crippen LogP contribution is 2.01. The molecule has 0 radical (unpaired) electrons. The third kappa shape index (κ3) is 13.9. The zero-order valence-corrected chi connectivity index (χ0v) is 10.9. The third-order valence-corrected chi connectivity index (χ3v) is 2.02. The topological polar surface area (TPSA) is 0 Å². The lowest BCUT2D eigenvalue weighted by molar-refractivity contribution is -0.870. The van der Waals surface area contributed by atoms with Crippen molar-refractivity contribution in [1.82, 2.24) is 0 Å². The van der Waals surface area contributed by atoms with Gasteiger partial charge in [-0.3, -0.25) is 0 Å². The fraction of sp³-hybridized carbons (Fsp3) is 1.00. The molecule has 0 saturated heterocycles. The van der Waals surface area contributed by atoms with Crippen LogP contribution in [-0.4, -0.2) is 37.5 Å². The van der Waals surface area contributed by atoms with Gasteiger partial charge in [-0.05, 0) is 19.3 Å². The van der Waals surface area contributed by atoms with Crippen LogP contribution in [-0.2, 0) is 0 Å². The number of halogens is 2. The first kappa shape index (κ1) is 14.4. The van der Waals surface area contributed by atoms with Crippen LogP contribution in [0.3, 0.4) is 0 Å². The van der Waals surface area contributed by atoms with E-state index in [-0.39, 0.29) is 17.0 Å². The van der Waals surface area contributed by atoms with Crippen LogP contribution in [0.4, 0.5) is 0 Å². The van der Waals surface area contributed by atoms with Crippen molar-refractivity contribution in [2.24, 2.45) is 0 Å². The summed E-state index contributed by atoms with van der Waals surface area (Å²) in [5.41, 5.74) is 0. The second kappa shape index (κ2) is 7.56. The molecular formula is C8H19Br2N. The van der Waals surface area contributed by atoms with Gasteiger partial charge in [0, 0.05) is 5.33 Å². The summed E-state index contributed by atoms with van der Waals surface area (Å²) in [5.74, 6) is 0. The Labute approximate surface area is 89.6 Å². The Kier molecular flexibility index (Phi) is 9.93. The van der Waals surface area contributed by atoms with Crippen molar-refractivity contribution < 1.29 is 21.5 Å². The number of nitrogens with zero attached hydrogens (tertiary/aromatic N) is 1. The predicted molar refractivity (Wildman–Crippen MR) is 50.5 cm³/mol. The molecule has 0 aliphatic carbocycles. The molecule has 0 bridgehead atoms. The minimum absolute atomic E-state index is 0. The number of hydrogen-bond donors (Lipinski definition) is 0. The number of unbranched alkanes of at least 4 members (excludes halogenated alkanes) is 2. The molecule has 0 unspecified atom stereocenters. The van der Waals surface area contributed by atoms with E-state index in [1.54, 1.807) is 0 Å². The lowest BCUT2D eigenvalue weighted by atomic mass is 10.2. The Hall–Kier alpha value is 0.920. The van der Waals surface area contributed by atoms with Crippen molar-refractivity contribution in [2.75, 3.05) is 33.0 Å². The average molecular weight is 289 g/mol. The maximum atomic E-state index is 3.42. The summed E-state index contributed by atoms with van der Waals surface area (Å²) < 4.78 is 1.10. The number of alkyl halides is 1. The first-order valence-corrected chi connectivity index (χ1v) is 5.05. The van der Waals surface area contributed by atoms with Gasteiger partial charge in [0.05, 0.1) is 27.7 Å². The van der Waals surface area contributed by atoms with E-state index in [0.29, 0.717) is 0 Å². The van der Waals surface area contributed by atoms with Crippen molar-refractivity contribution in [3.05, 3.63) is 0 Å². The molecule has 0 N–H and O–H groups in total. The molecule has 0 aromatic rings. The summed E-state index contributed by atoms with van der Waals surface area (Å²) in [6, 6.07) is 0. The van der Waals surface area contributed by atoms with E-state index in [1.807, 2.05) is 0 Å². The summed E-state index contributed by atoms with van der Waals surface area (Å²) in [6.07, 6.45) is 4.04. The normalized spacial score (nSPS) is 10.9. The van der Waals surface area contributed by atoms with Crippen molar-refractivity contribution in [1.29, 1.82) is 0 Å². The summed E-state index contributed by atoms with van der Waals surface area (Å²) in [4.78, 5) is 0. The minimum atomic E-state index is 0. The standard InChI is InChI=1S/C8H19BrN.BrH/c1-10(2,3)8-6-4-5-7-9;/h4-8H2,1-3H3;1H/q+1;/p-1. The monoisotopic (exact) mass is 287 g/mol. The molecule has 0 rings (SSSR count). The Balaban J connectivity index is 0. The molecule has 0 spiro atoms. The molecule has 0 fully saturated rings. The molecule has 0 atom stereocenters. The summed E-state index contributed by atoms with van der Waals surface area (Å²) in [6.45, 7) is 1.30.